The second-order valence-electron chi connectivity index (χ2n) is 2.53. The Hall–Kier alpha value is -0.0700. The predicted molar refractivity (Wildman–Crippen MR) is 51.5 cm³/mol. The van der Waals surface area contributed by atoms with E-state index in [1.165, 1.54) is 12.1 Å². The Bertz CT molecular complexity index is 397. The third kappa shape index (κ3) is 3.98. The van der Waals surface area contributed by atoms with Gasteiger partial charge < -0.3 is 6.74 Å². The Kier molecular flexibility index (Phi) is 5.70. The summed E-state index contributed by atoms with van der Waals surface area (Å²) in [5.41, 5.74) is 0.678. The maximum Gasteiger partial charge on any atom is 1.00 e. The average molecular weight is 225 g/mol. The molecule has 1 aromatic rings. The van der Waals surface area contributed by atoms with Gasteiger partial charge in [-0.25, -0.2) is 0 Å². The van der Waals surface area contributed by atoms with Crippen molar-refractivity contribution in [1.82, 2.24) is 0 Å². The molecule has 14 heavy (non-hydrogen) atoms. The molecule has 0 aliphatic rings. The molecular formula is C8H12NNaO3S. The molecule has 2 N–H and O–H groups in total. The first-order valence-corrected chi connectivity index (χ1v) is 5.29. The van der Waals surface area contributed by atoms with Crippen LogP contribution in [-0.2, 0) is 10.1 Å². The molecule has 1 aromatic carbocycles. The SMILES string of the molecule is CCNc1cccc(S(=O)(=O)O)c1.[H-].[Na+]. The van der Waals surface area contributed by atoms with Gasteiger partial charge in [0.2, 0.25) is 0 Å². The Morgan fingerprint density at radius 1 is 1.50 bits per heavy atom. The quantitative estimate of drug-likeness (QED) is 0.484. The van der Waals surface area contributed by atoms with Crippen molar-refractivity contribution >= 4 is 15.8 Å². The third-order valence-electron chi connectivity index (χ3n) is 1.51. The number of anilines is 1. The van der Waals surface area contributed by atoms with E-state index in [0.29, 0.717) is 12.2 Å². The van der Waals surface area contributed by atoms with E-state index in [9.17, 15) is 8.42 Å². The summed E-state index contributed by atoms with van der Waals surface area (Å²) in [4.78, 5) is -0.0917. The zero-order valence-corrected chi connectivity index (χ0v) is 11.0. The van der Waals surface area contributed by atoms with Crippen LogP contribution in [0.5, 0.6) is 0 Å². The topological polar surface area (TPSA) is 66.4 Å². The first kappa shape index (κ1) is 13.9. The summed E-state index contributed by atoms with van der Waals surface area (Å²) in [5, 5.41) is 2.94. The molecule has 0 bridgehead atoms. The van der Waals surface area contributed by atoms with E-state index in [2.05, 4.69) is 5.32 Å². The average Bonchev–Trinajstić information content (AvgIpc) is 2.04. The minimum atomic E-state index is -4.08. The zero-order chi connectivity index (χ0) is 9.90. The summed E-state index contributed by atoms with van der Waals surface area (Å²) in [6.45, 7) is 2.61. The van der Waals surface area contributed by atoms with Crippen molar-refractivity contribution in [3.63, 3.8) is 0 Å². The molecule has 0 radical (unpaired) electrons. The van der Waals surface area contributed by atoms with Gasteiger partial charge in [0.15, 0.2) is 0 Å². The van der Waals surface area contributed by atoms with Crippen LogP contribution in [0.25, 0.3) is 0 Å². The molecule has 0 unspecified atom stereocenters. The zero-order valence-electron chi connectivity index (χ0n) is 9.19. The van der Waals surface area contributed by atoms with Gasteiger partial charge in [-0.1, -0.05) is 6.07 Å². The minimum Gasteiger partial charge on any atom is -1.00 e. The van der Waals surface area contributed by atoms with E-state index in [1.54, 1.807) is 12.1 Å². The molecule has 0 atom stereocenters. The van der Waals surface area contributed by atoms with E-state index in [1.807, 2.05) is 6.92 Å². The normalized spacial score (nSPS) is 10.4. The molecule has 0 aliphatic carbocycles. The maximum atomic E-state index is 10.7. The van der Waals surface area contributed by atoms with Gasteiger partial charge in [-0.05, 0) is 25.1 Å². The van der Waals surface area contributed by atoms with Crippen LogP contribution in [0.1, 0.15) is 8.35 Å². The van der Waals surface area contributed by atoms with E-state index >= 15 is 0 Å². The molecule has 4 nitrogen and oxygen atoms in total. The number of hydrogen-bond acceptors (Lipinski definition) is 3. The van der Waals surface area contributed by atoms with Gasteiger partial charge in [-0.15, -0.1) is 0 Å². The van der Waals surface area contributed by atoms with Crippen LogP contribution in [-0.4, -0.2) is 19.5 Å². The van der Waals surface area contributed by atoms with Crippen LogP contribution in [0.4, 0.5) is 5.69 Å². The van der Waals surface area contributed by atoms with Crippen LogP contribution in [0.3, 0.4) is 0 Å². The number of hydrogen-bond donors (Lipinski definition) is 2. The molecule has 0 spiro atoms. The Balaban J connectivity index is 0. The largest absolute Gasteiger partial charge is 1.00 e. The first-order valence-electron chi connectivity index (χ1n) is 3.85. The number of benzene rings is 1. The number of rotatable bonds is 3. The molecular weight excluding hydrogens is 213 g/mol. The van der Waals surface area contributed by atoms with Crippen LogP contribution in [0, 0.1) is 0 Å². The molecule has 0 heterocycles. The van der Waals surface area contributed by atoms with Gasteiger partial charge in [0.25, 0.3) is 10.1 Å². The molecule has 0 aromatic heterocycles. The van der Waals surface area contributed by atoms with Gasteiger partial charge in [-0.2, -0.15) is 8.42 Å². The van der Waals surface area contributed by atoms with E-state index in [-0.39, 0.29) is 35.9 Å². The summed E-state index contributed by atoms with van der Waals surface area (Å²) in [5.74, 6) is 0. The van der Waals surface area contributed by atoms with Gasteiger partial charge in [-0.3, -0.25) is 4.55 Å². The van der Waals surface area contributed by atoms with Crippen LogP contribution >= 0.6 is 0 Å². The molecule has 1 rings (SSSR count). The summed E-state index contributed by atoms with van der Waals surface area (Å²) < 4.78 is 30.2. The summed E-state index contributed by atoms with van der Waals surface area (Å²) in [6.07, 6.45) is 0. The van der Waals surface area contributed by atoms with Crippen molar-refractivity contribution in [2.45, 2.75) is 11.8 Å². The van der Waals surface area contributed by atoms with Gasteiger partial charge >= 0.3 is 29.6 Å². The molecule has 0 aliphatic heterocycles. The first-order chi connectivity index (χ1) is 6.04. The summed E-state index contributed by atoms with van der Waals surface area (Å²) >= 11 is 0. The third-order valence-corrected chi connectivity index (χ3v) is 2.36. The van der Waals surface area contributed by atoms with Crippen LogP contribution < -0.4 is 34.9 Å². The van der Waals surface area contributed by atoms with Crippen LogP contribution in [0.2, 0.25) is 0 Å². The van der Waals surface area contributed by atoms with Crippen molar-refractivity contribution in [3.8, 4) is 0 Å². The Morgan fingerprint density at radius 2 is 2.14 bits per heavy atom. The number of nitrogens with one attached hydrogen (secondary N) is 1. The van der Waals surface area contributed by atoms with Crippen molar-refractivity contribution < 1.29 is 44.0 Å². The van der Waals surface area contributed by atoms with Crippen molar-refractivity contribution in [3.05, 3.63) is 24.3 Å². The van der Waals surface area contributed by atoms with Crippen molar-refractivity contribution in [2.24, 2.45) is 0 Å². The Labute approximate surface area is 107 Å². The predicted octanol–water partition coefficient (Wildman–Crippen LogP) is -1.52. The van der Waals surface area contributed by atoms with Crippen LogP contribution in [0.15, 0.2) is 29.2 Å². The van der Waals surface area contributed by atoms with E-state index < -0.39 is 10.1 Å². The monoisotopic (exact) mass is 225 g/mol. The van der Waals surface area contributed by atoms with Crippen molar-refractivity contribution in [1.29, 1.82) is 0 Å². The van der Waals surface area contributed by atoms with E-state index in [0.717, 1.165) is 0 Å². The summed E-state index contributed by atoms with van der Waals surface area (Å²) in [6, 6.07) is 6.04. The van der Waals surface area contributed by atoms with Gasteiger partial charge in [0.1, 0.15) is 0 Å². The molecule has 0 saturated carbocycles. The molecule has 0 saturated heterocycles. The standard InChI is InChI=1S/C8H11NO3S.Na.H/c1-2-9-7-4-3-5-8(6-7)13(10,11)12;;/h3-6,9H,2H2,1H3,(H,10,11,12);;/q;+1;-1. The second kappa shape index (κ2) is 5.72. The second-order valence-corrected chi connectivity index (χ2v) is 3.95. The fraction of sp³-hybridized carbons (Fsp3) is 0.250. The molecule has 0 fully saturated rings. The minimum absolute atomic E-state index is 0. The fourth-order valence-corrected chi connectivity index (χ4v) is 1.50. The van der Waals surface area contributed by atoms with Gasteiger partial charge in [0, 0.05) is 12.2 Å². The maximum absolute atomic E-state index is 10.7. The molecule has 74 valence electrons. The smallest absolute Gasteiger partial charge is 1.00 e. The Morgan fingerprint density at radius 3 is 2.64 bits per heavy atom. The molecule has 6 heteroatoms. The van der Waals surface area contributed by atoms with Crippen molar-refractivity contribution in [2.75, 3.05) is 11.9 Å². The summed E-state index contributed by atoms with van der Waals surface area (Å²) in [7, 11) is -4.08. The molecule has 0 amide bonds. The van der Waals surface area contributed by atoms with E-state index in [4.69, 9.17) is 4.55 Å². The fourth-order valence-electron chi connectivity index (χ4n) is 0.971. The van der Waals surface area contributed by atoms with Gasteiger partial charge in [0.05, 0.1) is 4.90 Å².